The first-order chi connectivity index (χ1) is 7.65. The molecule has 1 amide bonds. The van der Waals surface area contributed by atoms with Gasteiger partial charge in [0.05, 0.1) is 3.79 Å². The SMILES string of the molecule is CC(NCC1CCC(=O)N1)c1ccc(Br)s1. The summed E-state index contributed by atoms with van der Waals surface area (Å²) in [5, 5.41) is 6.41. The van der Waals surface area contributed by atoms with Gasteiger partial charge in [-0.25, -0.2) is 0 Å². The highest BCUT2D eigenvalue weighted by Crippen LogP contribution is 2.27. The molecule has 2 unspecified atom stereocenters. The Balaban J connectivity index is 1.79. The molecule has 5 heteroatoms. The largest absolute Gasteiger partial charge is 0.352 e. The van der Waals surface area contributed by atoms with Gasteiger partial charge in [0.25, 0.3) is 0 Å². The monoisotopic (exact) mass is 302 g/mol. The van der Waals surface area contributed by atoms with Crippen molar-refractivity contribution in [1.29, 1.82) is 0 Å². The van der Waals surface area contributed by atoms with E-state index in [0.717, 1.165) is 16.8 Å². The van der Waals surface area contributed by atoms with Crippen LogP contribution in [0, 0.1) is 0 Å². The molecule has 0 radical (unpaired) electrons. The first-order valence-corrected chi connectivity index (χ1v) is 7.04. The van der Waals surface area contributed by atoms with Crippen LogP contribution >= 0.6 is 27.3 Å². The van der Waals surface area contributed by atoms with E-state index >= 15 is 0 Å². The van der Waals surface area contributed by atoms with Crippen molar-refractivity contribution in [2.24, 2.45) is 0 Å². The molecule has 1 aliphatic heterocycles. The molecule has 1 aromatic heterocycles. The van der Waals surface area contributed by atoms with Gasteiger partial charge in [0.1, 0.15) is 0 Å². The van der Waals surface area contributed by atoms with Crippen LogP contribution < -0.4 is 10.6 Å². The van der Waals surface area contributed by atoms with Crippen molar-refractivity contribution in [3.05, 3.63) is 20.8 Å². The van der Waals surface area contributed by atoms with E-state index in [1.165, 1.54) is 4.88 Å². The smallest absolute Gasteiger partial charge is 0.220 e. The molecular formula is C11H15BrN2OS. The number of carbonyl (C=O) groups is 1. The number of hydrogen-bond acceptors (Lipinski definition) is 3. The van der Waals surface area contributed by atoms with E-state index < -0.39 is 0 Å². The molecular weight excluding hydrogens is 288 g/mol. The van der Waals surface area contributed by atoms with Gasteiger partial charge in [-0.1, -0.05) is 0 Å². The lowest BCUT2D eigenvalue weighted by Gasteiger charge is -2.16. The maximum absolute atomic E-state index is 11.0. The van der Waals surface area contributed by atoms with Crippen molar-refractivity contribution in [1.82, 2.24) is 10.6 Å². The molecule has 0 bridgehead atoms. The molecule has 1 aliphatic rings. The second-order valence-corrected chi connectivity index (χ2v) is 6.57. The third-order valence-corrected chi connectivity index (χ3v) is 4.58. The Morgan fingerprint density at radius 3 is 3.06 bits per heavy atom. The molecule has 2 heterocycles. The predicted octanol–water partition coefficient (Wildman–Crippen LogP) is 2.44. The number of halogens is 1. The Bertz CT molecular complexity index is 380. The summed E-state index contributed by atoms with van der Waals surface area (Å²) in [5.74, 6) is 0.179. The van der Waals surface area contributed by atoms with Crippen LogP contribution in [0.3, 0.4) is 0 Å². The van der Waals surface area contributed by atoms with E-state index in [2.05, 4.69) is 45.6 Å². The zero-order valence-corrected chi connectivity index (χ0v) is 11.5. The second-order valence-electron chi connectivity index (χ2n) is 4.07. The van der Waals surface area contributed by atoms with Crippen LogP contribution in [0.4, 0.5) is 0 Å². The summed E-state index contributed by atoms with van der Waals surface area (Å²) in [6.07, 6.45) is 1.62. The van der Waals surface area contributed by atoms with Gasteiger partial charge in [0.15, 0.2) is 0 Å². The van der Waals surface area contributed by atoms with Gasteiger partial charge in [-0.05, 0) is 41.4 Å². The molecule has 2 atom stereocenters. The van der Waals surface area contributed by atoms with Gasteiger partial charge < -0.3 is 10.6 Å². The fourth-order valence-corrected chi connectivity index (χ4v) is 3.26. The fourth-order valence-electron chi connectivity index (χ4n) is 1.81. The minimum absolute atomic E-state index is 0.179. The van der Waals surface area contributed by atoms with Crippen molar-refractivity contribution >= 4 is 33.2 Å². The number of nitrogens with one attached hydrogen (secondary N) is 2. The third kappa shape index (κ3) is 3.06. The van der Waals surface area contributed by atoms with Crippen LogP contribution in [-0.2, 0) is 4.79 Å². The van der Waals surface area contributed by atoms with Gasteiger partial charge in [-0.2, -0.15) is 0 Å². The zero-order valence-electron chi connectivity index (χ0n) is 9.13. The summed E-state index contributed by atoms with van der Waals surface area (Å²) in [6, 6.07) is 4.84. The Hall–Kier alpha value is -0.390. The lowest BCUT2D eigenvalue weighted by molar-refractivity contribution is -0.119. The van der Waals surface area contributed by atoms with Crippen molar-refractivity contribution in [2.75, 3.05) is 6.54 Å². The summed E-state index contributed by atoms with van der Waals surface area (Å²) in [4.78, 5) is 12.3. The van der Waals surface area contributed by atoms with Crippen molar-refractivity contribution in [3.63, 3.8) is 0 Å². The van der Waals surface area contributed by atoms with Gasteiger partial charge in [0.2, 0.25) is 5.91 Å². The van der Waals surface area contributed by atoms with Crippen molar-refractivity contribution < 1.29 is 4.79 Å². The topological polar surface area (TPSA) is 41.1 Å². The number of amides is 1. The summed E-state index contributed by atoms with van der Waals surface area (Å²) in [5.41, 5.74) is 0. The van der Waals surface area contributed by atoms with Crippen LogP contribution in [0.5, 0.6) is 0 Å². The summed E-state index contributed by atoms with van der Waals surface area (Å²) in [7, 11) is 0. The van der Waals surface area contributed by atoms with Crippen LogP contribution in [-0.4, -0.2) is 18.5 Å². The van der Waals surface area contributed by atoms with E-state index in [-0.39, 0.29) is 5.91 Å². The van der Waals surface area contributed by atoms with Crippen molar-refractivity contribution in [2.45, 2.75) is 31.8 Å². The fraction of sp³-hybridized carbons (Fsp3) is 0.545. The van der Waals surface area contributed by atoms with Gasteiger partial charge in [-0.3, -0.25) is 4.79 Å². The average Bonchev–Trinajstić information content (AvgIpc) is 2.84. The van der Waals surface area contributed by atoms with E-state index in [1.807, 2.05) is 0 Å². The third-order valence-electron chi connectivity index (χ3n) is 2.78. The molecule has 16 heavy (non-hydrogen) atoms. The quantitative estimate of drug-likeness (QED) is 0.897. The Morgan fingerprint density at radius 2 is 2.50 bits per heavy atom. The van der Waals surface area contributed by atoms with Crippen LogP contribution in [0.15, 0.2) is 15.9 Å². The molecule has 88 valence electrons. The minimum Gasteiger partial charge on any atom is -0.352 e. The van der Waals surface area contributed by atoms with Crippen LogP contribution in [0.25, 0.3) is 0 Å². The van der Waals surface area contributed by atoms with Crippen LogP contribution in [0.1, 0.15) is 30.7 Å². The molecule has 0 spiro atoms. The summed E-state index contributed by atoms with van der Waals surface area (Å²) in [6.45, 7) is 3.00. The molecule has 0 aliphatic carbocycles. The Labute approximate surface area is 108 Å². The van der Waals surface area contributed by atoms with Crippen molar-refractivity contribution in [3.8, 4) is 0 Å². The molecule has 1 aromatic rings. The zero-order chi connectivity index (χ0) is 11.5. The first-order valence-electron chi connectivity index (χ1n) is 5.43. The highest BCUT2D eigenvalue weighted by molar-refractivity contribution is 9.11. The maximum Gasteiger partial charge on any atom is 0.220 e. The van der Waals surface area contributed by atoms with E-state index in [9.17, 15) is 4.79 Å². The summed E-state index contributed by atoms with van der Waals surface area (Å²) < 4.78 is 1.16. The summed E-state index contributed by atoms with van der Waals surface area (Å²) >= 11 is 5.21. The van der Waals surface area contributed by atoms with E-state index in [0.29, 0.717) is 18.5 Å². The highest BCUT2D eigenvalue weighted by atomic mass is 79.9. The number of carbonyl (C=O) groups excluding carboxylic acids is 1. The molecule has 1 saturated heterocycles. The predicted molar refractivity (Wildman–Crippen MR) is 69.6 cm³/mol. The molecule has 3 nitrogen and oxygen atoms in total. The molecule has 2 N–H and O–H groups in total. The molecule has 0 aromatic carbocycles. The molecule has 0 saturated carbocycles. The Morgan fingerprint density at radius 1 is 1.69 bits per heavy atom. The highest BCUT2D eigenvalue weighted by Gasteiger charge is 2.21. The lowest BCUT2D eigenvalue weighted by atomic mass is 10.2. The minimum atomic E-state index is 0.179. The Kier molecular flexibility index (Phi) is 4.00. The number of rotatable bonds is 4. The number of thiophene rings is 1. The lowest BCUT2D eigenvalue weighted by Crippen LogP contribution is -2.36. The number of hydrogen-bond donors (Lipinski definition) is 2. The van der Waals surface area contributed by atoms with Crippen LogP contribution in [0.2, 0.25) is 0 Å². The average molecular weight is 303 g/mol. The van der Waals surface area contributed by atoms with Gasteiger partial charge in [0, 0.05) is 29.9 Å². The second kappa shape index (κ2) is 5.29. The first kappa shape index (κ1) is 12.1. The maximum atomic E-state index is 11.0. The molecule has 1 fully saturated rings. The molecule has 2 rings (SSSR count). The van der Waals surface area contributed by atoms with E-state index in [4.69, 9.17) is 0 Å². The van der Waals surface area contributed by atoms with E-state index in [1.54, 1.807) is 11.3 Å². The normalized spacial score (nSPS) is 22.1. The van der Waals surface area contributed by atoms with Gasteiger partial charge >= 0.3 is 0 Å². The standard InChI is InChI=1S/C11H15BrN2OS/c1-7(9-3-4-10(12)16-9)13-6-8-2-5-11(15)14-8/h3-4,7-8,13H,2,5-6H2,1H3,(H,14,15). The van der Waals surface area contributed by atoms with Gasteiger partial charge in [-0.15, -0.1) is 11.3 Å².